The molecule has 1 spiro atoms. The predicted octanol–water partition coefficient (Wildman–Crippen LogP) is 13.7. The molecule has 0 amide bonds. The van der Waals surface area contributed by atoms with Gasteiger partial charge in [-0.1, -0.05) is 175 Å². The second kappa shape index (κ2) is 11.7. The summed E-state index contributed by atoms with van der Waals surface area (Å²) in [6, 6.07) is 58.9. The Labute approximate surface area is 309 Å². The van der Waals surface area contributed by atoms with Gasteiger partial charge in [-0.3, -0.25) is 0 Å². The highest BCUT2D eigenvalue weighted by Gasteiger charge is 2.53. The zero-order valence-electron chi connectivity index (χ0n) is 31.0. The molecule has 0 aromatic heterocycles. The highest BCUT2D eigenvalue weighted by atomic mass is 14.9. The van der Waals surface area contributed by atoms with Crippen LogP contribution in [-0.2, 0) is 16.2 Å². The van der Waals surface area contributed by atoms with Crippen molar-refractivity contribution < 1.29 is 0 Å². The summed E-state index contributed by atoms with van der Waals surface area (Å²) in [6.45, 7) is 14.0. The molecule has 0 aliphatic heterocycles. The number of hydrogen-bond acceptors (Lipinski definition) is 1. The first kappa shape index (κ1) is 32.3. The smallest absolute Gasteiger partial charge is 0.0731 e. The molecule has 0 bridgehead atoms. The maximum Gasteiger partial charge on any atom is 0.0731 e. The van der Waals surface area contributed by atoms with E-state index in [2.05, 4.69) is 205 Å². The summed E-state index contributed by atoms with van der Waals surface area (Å²) in [4.78, 5) is 0. The van der Waals surface area contributed by atoms with Gasteiger partial charge >= 0.3 is 0 Å². The van der Waals surface area contributed by atoms with Crippen LogP contribution in [0.4, 0.5) is 11.4 Å². The van der Waals surface area contributed by atoms with Crippen LogP contribution in [0.3, 0.4) is 0 Å². The summed E-state index contributed by atoms with van der Waals surface area (Å²) in [5.74, 6) is 0. The van der Waals surface area contributed by atoms with Gasteiger partial charge in [-0.15, -0.1) is 0 Å². The van der Waals surface area contributed by atoms with Crippen molar-refractivity contribution in [3.8, 4) is 44.5 Å². The van der Waals surface area contributed by atoms with E-state index < -0.39 is 5.41 Å². The van der Waals surface area contributed by atoms with Gasteiger partial charge in [-0.05, 0) is 113 Å². The van der Waals surface area contributed by atoms with Crippen LogP contribution in [0.15, 0.2) is 158 Å². The van der Waals surface area contributed by atoms with Gasteiger partial charge in [0, 0.05) is 11.4 Å². The van der Waals surface area contributed by atoms with Gasteiger partial charge in [0.2, 0.25) is 0 Å². The van der Waals surface area contributed by atoms with Crippen LogP contribution in [0, 0.1) is 0 Å². The van der Waals surface area contributed by atoms with Gasteiger partial charge in [-0.25, -0.2) is 0 Å². The molecule has 1 nitrogen and oxygen atoms in total. The first-order valence-corrected chi connectivity index (χ1v) is 18.6. The first-order valence-electron chi connectivity index (χ1n) is 18.6. The van der Waals surface area contributed by atoms with Crippen molar-refractivity contribution in [2.75, 3.05) is 5.32 Å². The lowest BCUT2D eigenvalue weighted by atomic mass is 9.67. The third kappa shape index (κ3) is 4.98. The molecule has 254 valence electrons. The summed E-state index contributed by atoms with van der Waals surface area (Å²) in [7, 11) is 0. The topological polar surface area (TPSA) is 12.0 Å². The van der Waals surface area contributed by atoms with Crippen LogP contribution in [0.2, 0.25) is 0 Å². The number of benzene rings is 7. The van der Waals surface area contributed by atoms with E-state index in [0.717, 1.165) is 11.4 Å². The third-order valence-corrected chi connectivity index (χ3v) is 11.4. The van der Waals surface area contributed by atoms with Gasteiger partial charge in [0.05, 0.1) is 5.41 Å². The minimum atomic E-state index is -0.437. The fraction of sp³-hybridized carbons (Fsp3) is 0.176. The van der Waals surface area contributed by atoms with E-state index in [9.17, 15) is 0 Å². The van der Waals surface area contributed by atoms with Crippen molar-refractivity contribution in [3.05, 3.63) is 191 Å². The van der Waals surface area contributed by atoms with Gasteiger partial charge in [0.15, 0.2) is 0 Å². The SMILES string of the molecule is CC(C)(C)c1ccc2c(c1)C1(c3cc(C(C)(C)C)ccc3-2)c2ccccc2-c2cccc(-c3ccc(Nc4ccc(-c5ccccc5)cc4)cc3)c21. The number of rotatable bonds is 4. The van der Waals surface area contributed by atoms with E-state index in [1.54, 1.807) is 0 Å². The Bertz CT molecular complexity index is 2410. The van der Waals surface area contributed by atoms with Crippen molar-refractivity contribution in [2.24, 2.45) is 0 Å². The van der Waals surface area contributed by atoms with Crippen molar-refractivity contribution in [1.29, 1.82) is 0 Å². The van der Waals surface area contributed by atoms with Crippen molar-refractivity contribution >= 4 is 11.4 Å². The Morgan fingerprint density at radius 3 is 1.40 bits per heavy atom. The van der Waals surface area contributed by atoms with Crippen LogP contribution in [0.1, 0.15) is 74.9 Å². The summed E-state index contributed by atoms with van der Waals surface area (Å²) in [5.41, 5.74) is 20.4. The van der Waals surface area contributed by atoms with Gasteiger partial charge in [0.1, 0.15) is 0 Å². The van der Waals surface area contributed by atoms with Crippen LogP contribution in [-0.4, -0.2) is 0 Å². The molecule has 1 heteroatoms. The quantitative estimate of drug-likeness (QED) is 0.196. The Kier molecular flexibility index (Phi) is 7.25. The van der Waals surface area contributed by atoms with E-state index in [-0.39, 0.29) is 10.8 Å². The predicted molar refractivity (Wildman–Crippen MR) is 221 cm³/mol. The summed E-state index contributed by atoms with van der Waals surface area (Å²) in [5, 5.41) is 3.64. The average Bonchev–Trinajstić information content (AvgIpc) is 3.62. The molecular formula is C51H45N. The Morgan fingerprint density at radius 2 is 0.827 bits per heavy atom. The number of hydrogen-bond donors (Lipinski definition) is 1. The molecule has 9 rings (SSSR count). The summed E-state index contributed by atoms with van der Waals surface area (Å²) < 4.78 is 0. The van der Waals surface area contributed by atoms with Gasteiger partial charge < -0.3 is 5.32 Å². The lowest BCUT2D eigenvalue weighted by Gasteiger charge is -2.34. The lowest BCUT2D eigenvalue weighted by Crippen LogP contribution is -2.28. The minimum absolute atomic E-state index is 0.0206. The Balaban J connectivity index is 1.21. The number of nitrogens with one attached hydrogen (secondary N) is 1. The van der Waals surface area contributed by atoms with Crippen molar-refractivity contribution in [2.45, 2.75) is 57.8 Å². The van der Waals surface area contributed by atoms with Crippen molar-refractivity contribution in [3.63, 3.8) is 0 Å². The fourth-order valence-electron chi connectivity index (χ4n) is 8.69. The van der Waals surface area contributed by atoms with Crippen LogP contribution >= 0.6 is 0 Å². The average molecular weight is 672 g/mol. The Hall–Kier alpha value is -5.66. The summed E-state index contributed by atoms with van der Waals surface area (Å²) >= 11 is 0. The number of fused-ring (bicyclic) bond motifs is 10. The molecule has 0 atom stereocenters. The maximum absolute atomic E-state index is 3.64. The van der Waals surface area contributed by atoms with Gasteiger partial charge in [0.25, 0.3) is 0 Å². The molecule has 2 aliphatic carbocycles. The first-order chi connectivity index (χ1) is 25.0. The molecule has 0 saturated carbocycles. The van der Waals surface area contributed by atoms with Crippen molar-refractivity contribution in [1.82, 2.24) is 0 Å². The minimum Gasteiger partial charge on any atom is -0.356 e. The standard InChI is InChI=1S/C51H45N/c1-49(2,3)36-23-29-42-43-30-24-37(50(4,5)6)32-47(43)51(46(42)31-36)45-18-11-10-15-41(45)44-17-12-16-40(48(44)51)35-21-27-39(28-22-35)52-38-25-19-34(20-26-38)33-13-8-7-9-14-33/h7-32,52H,1-6H3. The fourth-order valence-corrected chi connectivity index (χ4v) is 8.69. The molecule has 7 aromatic carbocycles. The second-order valence-electron chi connectivity index (χ2n) is 16.7. The van der Waals surface area contributed by atoms with Gasteiger partial charge in [-0.2, -0.15) is 0 Å². The molecule has 0 radical (unpaired) electrons. The highest BCUT2D eigenvalue weighted by Crippen LogP contribution is 2.65. The Morgan fingerprint density at radius 1 is 0.365 bits per heavy atom. The van der Waals surface area contributed by atoms with Crippen LogP contribution in [0.5, 0.6) is 0 Å². The van der Waals surface area contributed by atoms with Crippen LogP contribution < -0.4 is 5.32 Å². The molecule has 0 unspecified atom stereocenters. The van der Waals surface area contributed by atoms with E-state index >= 15 is 0 Å². The van der Waals surface area contributed by atoms with E-state index in [0.29, 0.717) is 0 Å². The number of anilines is 2. The second-order valence-corrected chi connectivity index (χ2v) is 16.7. The molecule has 0 saturated heterocycles. The lowest BCUT2D eigenvalue weighted by molar-refractivity contribution is 0.586. The molecular weight excluding hydrogens is 627 g/mol. The molecule has 1 N–H and O–H groups in total. The largest absolute Gasteiger partial charge is 0.356 e. The highest BCUT2D eigenvalue weighted by molar-refractivity contribution is 5.99. The molecule has 0 fully saturated rings. The molecule has 2 aliphatic rings. The van der Waals surface area contributed by atoms with E-state index in [1.165, 1.54) is 77.9 Å². The molecule has 0 heterocycles. The zero-order valence-corrected chi connectivity index (χ0v) is 31.0. The van der Waals surface area contributed by atoms with E-state index in [4.69, 9.17) is 0 Å². The molecule has 7 aromatic rings. The van der Waals surface area contributed by atoms with E-state index in [1.807, 2.05) is 0 Å². The zero-order chi connectivity index (χ0) is 35.8. The molecule has 52 heavy (non-hydrogen) atoms. The summed E-state index contributed by atoms with van der Waals surface area (Å²) in [6.07, 6.45) is 0. The normalized spacial score (nSPS) is 13.7. The third-order valence-electron chi connectivity index (χ3n) is 11.4. The van der Waals surface area contributed by atoms with Crippen LogP contribution in [0.25, 0.3) is 44.5 Å². The maximum atomic E-state index is 3.64. The monoisotopic (exact) mass is 671 g/mol.